The molecule has 1 aromatic rings. The maximum Gasteiger partial charge on any atom is 0.355 e. The number of thioether (sulfide) groups is 1. The monoisotopic (exact) mass is 504 g/mol. The van der Waals surface area contributed by atoms with Crippen LogP contribution < -0.4 is 0 Å². The van der Waals surface area contributed by atoms with Crippen LogP contribution in [-0.2, 0) is 9.59 Å². The molecule has 7 nitrogen and oxygen atoms in total. The summed E-state index contributed by atoms with van der Waals surface area (Å²) in [6, 6.07) is 0. The second-order valence-corrected chi connectivity index (χ2v) is 6.22. The molecule has 2 N–H and O–H groups in total. The minimum absolute atomic E-state index is 0.00463. The van der Waals surface area contributed by atoms with Gasteiger partial charge in [0.25, 0.3) is 0 Å². The number of carbonyl (C=O) groups excluding carboxylic acids is 1. The first-order chi connectivity index (χ1) is 9.74. The number of aldehydes is 1. The van der Waals surface area contributed by atoms with Crippen molar-refractivity contribution in [2.24, 2.45) is 0 Å². The van der Waals surface area contributed by atoms with Crippen molar-refractivity contribution in [1.82, 2.24) is 9.97 Å². The number of halogens is 3. The lowest BCUT2D eigenvalue weighted by molar-refractivity contribution is -0.131. The van der Waals surface area contributed by atoms with Gasteiger partial charge in [0, 0.05) is 6.20 Å². The first-order valence-corrected chi connectivity index (χ1v) is 8.38. The van der Waals surface area contributed by atoms with Gasteiger partial charge in [0.05, 0.1) is 8.96 Å². The van der Waals surface area contributed by atoms with Crippen LogP contribution in [0.1, 0.15) is 10.5 Å². The molecule has 0 bridgehead atoms. The molecule has 0 aliphatic carbocycles. The van der Waals surface area contributed by atoms with E-state index in [9.17, 15) is 14.4 Å². The summed E-state index contributed by atoms with van der Waals surface area (Å²) in [5.74, 6) is -2.23. The van der Waals surface area contributed by atoms with Crippen LogP contribution in [0.5, 0.6) is 0 Å². The van der Waals surface area contributed by atoms with E-state index in [1.165, 1.54) is 18.0 Å². The predicted octanol–water partition coefficient (Wildman–Crippen LogP) is 2.93. The van der Waals surface area contributed by atoms with Crippen molar-refractivity contribution < 1.29 is 24.6 Å². The number of hydrogen-bond acceptors (Lipinski definition) is 6. The molecule has 0 radical (unpaired) electrons. The first kappa shape index (κ1) is 20.2. The average Bonchev–Trinajstić information content (AvgIpc) is 2.46. The van der Waals surface area contributed by atoms with Crippen molar-refractivity contribution >= 4 is 77.8 Å². The highest BCUT2D eigenvalue weighted by Gasteiger charge is 2.11. The van der Waals surface area contributed by atoms with E-state index < -0.39 is 11.9 Å². The number of carboxylic acid groups (broad SMARTS) is 2. The van der Waals surface area contributed by atoms with Crippen molar-refractivity contribution in [2.45, 2.75) is 5.16 Å². The highest BCUT2D eigenvalue weighted by atomic mass is 79.9. The molecule has 21 heavy (non-hydrogen) atoms. The number of rotatable bonds is 4. The van der Waals surface area contributed by atoms with Gasteiger partial charge in [0.15, 0.2) is 17.1 Å². The molecule has 0 atom stereocenters. The van der Waals surface area contributed by atoms with Gasteiger partial charge in [-0.15, -0.1) is 0 Å². The number of aliphatic carboxylic acids is 1. The van der Waals surface area contributed by atoms with E-state index in [4.69, 9.17) is 10.2 Å². The Labute approximate surface area is 148 Å². The Hall–Kier alpha value is -0.780. The van der Waals surface area contributed by atoms with Crippen molar-refractivity contribution in [1.29, 1.82) is 0 Å². The van der Waals surface area contributed by atoms with Crippen molar-refractivity contribution in [2.75, 3.05) is 6.26 Å². The molecule has 1 aromatic heterocycles. The molecule has 0 aliphatic heterocycles. The maximum atomic E-state index is 10.6. The standard InChI is InChI=1S/C6H5BrN2O2S.C4H2Br2O3/c1-12-6-8-2-3(7)4(9-6)5(10)11;5-2(1-7)3(6)4(8)9/h2H,1H3,(H,10,11);1H,(H,8,9)/b;3-2-. The van der Waals surface area contributed by atoms with E-state index in [-0.39, 0.29) is 14.7 Å². The fraction of sp³-hybridized carbons (Fsp3) is 0.100. The van der Waals surface area contributed by atoms with Crippen LogP contribution in [-0.4, -0.2) is 44.7 Å². The highest BCUT2D eigenvalue weighted by Crippen LogP contribution is 2.16. The summed E-state index contributed by atoms with van der Waals surface area (Å²) < 4.78 is 0.223. The Morgan fingerprint density at radius 2 is 1.90 bits per heavy atom. The number of aromatic carboxylic acids is 1. The number of hydrogen-bond donors (Lipinski definition) is 2. The molecule has 11 heteroatoms. The zero-order valence-electron chi connectivity index (χ0n) is 10.2. The Balaban J connectivity index is 0.000000400. The Kier molecular flexibility index (Phi) is 9.66. The van der Waals surface area contributed by atoms with E-state index >= 15 is 0 Å². The zero-order chi connectivity index (χ0) is 16.6. The van der Waals surface area contributed by atoms with E-state index in [2.05, 4.69) is 57.8 Å². The van der Waals surface area contributed by atoms with Crippen LogP contribution >= 0.6 is 59.6 Å². The largest absolute Gasteiger partial charge is 0.477 e. The fourth-order valence-corrected chi connectivity index (χ4v) is 1.72. The third-order valence-corrected chi connectivity index (χ3v) is 4.63. The average molecular weight is 507 g/mol. The second kappa shape index (κ2) is 10.0. The molecule has 0 unspecified atom stereocenters. The first-order valence-electron chi connectivity index (χ1n) is 4.78. The van der Waals surface area contributed by atoms with Crippen molar-refractivity contribution in [3.8, 4) is 0 Å². The highest BCUT2D eigenvalue weighted by molar-refractivity contribution is 9.14. The van der Waals surface area contributed by atoms with Crippen LogP contribution in [0.25, 0.3) is 0 Å². The molecule has 0 aromatic carbocycles. The summed E-state index contributed by atoms with van der Waals surface area (Å²) >= 11 is 9.74. The molecule has 1 rings (SSSR count). The summed E-state index contributed by atoms with van der Waals surface area (Å²) in [4.78, 5) is 38.1. The number of carbonyl (C=O) groups is 3. The van der Waals surface area contributed by atoms with Crippen LogP contribution in [0.3, 0.4) is 0 Å². The quantitative estimate of drug-likeness (QED) is 0.277. The Morgan fingerprint density at radius 1 is 1.33 bits per heavy atom. The minimum atomic E-state index is -1.17. The predicted molar refractivity (Wildman–Crippen MR) is 87.1 cm³/mol. The zero-order valence-corrected chi connectivity index (χ0v) is 15.8. The van der Waals surface area contributed by atoms with Crippen molar-refractivity contribution in [3.63, 3.8) is 0 Å². The van der Waals surface area contributed by atoms with Crippen molar-refractivity contribution in [3.05, 3.63) is 25.3 Å². The van der Waals surface area contributed by atoms with E-state index in [0.717, 1.165) is 0 Å². The molecular weight excluding hydrogens is 500 g/mol. The third-order valence-electron chi connectivity index (χ3n) is 1.61. The van der Waals surface area contributed by atoms with Crippen LogP contribution in [0.2, 0.25) is 0 Å². The van der Waals surface area contributed by atoms with Gasteiger partial charge in [-0.25, -0.2) is 19.6 Å². The molecule has 0 spiro atoms. The molecule has 1 heterocycles. The van der Waals surface area contributed by atoms with Crippen LogP contribution in [0, 0.1) is 0 Å². The van der Waals surface area contributed by atoms with Gasteiger partial charge < -0.3 is 10.2 Å². The molecule has 0 fully saturated rings. The van der Waals surface area contributed by atoms with Crippen LogP contribution in [0.4, 0.5) is 0 Å². The number of aromatic nitrogens is 2. The molecular formula is C10H7Br3N2O5S. The smallest absolute Gasteiger partial charge is 0.355 e. The van der Waals surface area contributed by atoms with Gasteiger partial charge in [-0.2, -0.15) is 0 Å². The molecule has 0 saturated carbocycles. The van der Waals surface area contributed by atoms with Crippen LogP contribution in [0.15, 0.2) is 24.8 Å². The van der Waals surface area contributed by atoms with Gasteiger partial charge in [0.2, 0.25) is 0 Å². The summed E-state index contributed by atoms with van der Waals surface area (Å²) in [5, 5.41) is 17.3. The summed E-state index contributed by atoms with van der Waals surface area (Å²) in [6.45, 7) is 0. The number of nitrogens with zero attached hydrogens (tertiary/aromatic N) is 2. The topological polar surface area (TPSA) is 117 Å². The van der Waals surface area contributed by atoms with E-state index in [0.29, 0.717) is 15.9 Å². The number of allylic oxidation sites excluding steroid dienone is 1. The number of carboxylic acids is 2. The SMILES string of the molecule is CSc1ncc(Br)c(C(=O)O)n1.O=C/C(Br)=C(/Br)C(=O)O. The normalized spacial score (nSPS) is 10.9. The van der Waals surface area contributed by atoms with E-state index in [1.54, 1.807) is 6.26 Å². The lowest BCUT2D eigenvalue weighted by atomic mass is 10.4. The lowest BCUT2D eigenvalue weighted by Gasteiger charge is -1.98. The Bertz CT molecular complexity index is 594. The van der Waals surface area contributed by atoms with Gasteiger partial charge in [-0.05, 0) is 54.0 Å². The summed E-state index contributed by atoms with van der Waals surface area (Å²) in [7, 11) is 0. The molecule has 0 amide bonds. The molecule has 0 saturated heterocycles. The van der Waals surface area contributed by atoms with Gasteiger partial charge in [-0.1, -0.05) is 11.8 Å². The lowest BCUT2D eigenvalue weighted by Crippen LogP contribution is -2.03. The summed E-state index contributed by atoms with van der Waals surface area (Å²) in [6.07, 6.45) is 3.62. The Morgan fingerprint density at radius 3 is 2.24 bits per heavy atom. The van der Waals surface area contributed by atoms with Gasteiger partial charge in [0.1, 0.15) is 4.48 Å². The fourth-order valence-electron chi connectivity index (χ4n) is 0.753. The third kappa shape index (κ3) is 7.16. The van der Waals surface area contributed by atoms with Gasteiger partial charge >= 0.3 is 11.9 Å². The molecule has 114 valence electrons. The van der Waals surface area contributed by atoms with E-state index in [1.807, 2.05) is 0 Å². The second-order valence-electron chi connectivity index (χ2n) is 2.94. The molecule has 0 aliphatic rings. The minimum Gasteiger partial charge on any atom is -0.477 e. The maximum absolute atomic E-state index is 10.6. The summed E-state index contributed by atoms with van der Waals surface area (Å²) in [5.41, 5.74) is -0.00523. The van der Waals surface area contributed by atoms with Gasteiger partial charge in [-0.3, -0.25) is 4.79 Å².